The number of amides is 3. The average molecular weight is 362 g/mol. The highest BCUT2D eigenvalue weighted by molar-refractivity contribution is 5.97. The molecule has 140 valence electrons. The zero-order chi connectivity index (χ0) is 19.4. The lowest BCUT2D eigenvalue weighted by atomic mass is 10.1. The molecule has 10 heteroatoms. The summed E-state index contributed by atoms with van der Waals surface area (Å²) in [5, 5.41) is 8.69. The summed E-state index contributed by atoms with van der Waals surface area (Å²) in [5.74, 6) is -0.861. The Hall–Kier alpha value is -3.04. The fraction of sp³-hybridized carbons (Fsp3) is 0.500. The lowest BCUT2D eigenvalue weighted by Gasteiger charge is -2.15. The Morgan fingerprint density at radius 2 is 1.92 bits per heavy atom. The van der Waals surface area contributed by atoms with Crippen molar-refractivity contribution < 1.29 is 19.1 Å². The highest BCUT2D eigenvalue weighted by atomic mass is 16.5. The molecule has 1 atom stereocenters. The molecular formula is C16H22N6O4. The van der Waals surface area contributed by atoms with Crippen LogP contribution >= 0.6 is 0 Å². The van der Waals surface area contributed by atoms with Crippen molar-refractivity contribution in [1.82, 2.24) is 30.2 Å². The van der Waals surface area contributed by atoms with Crippen LogP contribution in [-0.2, 0) is 20.7 Å². The van der Waals surface area contributed by atoms with E-state index in [-0.39, 0.29) is 12.5 Å². The van der Waals surface area contributed by atoms with Crippen LogP contribution in [0.5, 0.6) is 0 Å². The molecule has 26 heavy (non-hydrogen) atoms. The predicted octanol–water partition coefficient (Wildman–Crippen LogP) is 0.450. The molecular weight excluding hydrogens is 340 g/mol. The Morgan fingerprint density at radius 3 is 2.58 bits per heavy atom. The van der Waals surface area contributed by atoms with Gasteiger partial charge in [-0.2, -0.15) is 10.1 Å². The van der Waals surface area contributed by atoms with Gasteiger partial charge in [0.2, 0.25) is 0 Å². The number of aromatic nitrogens is 4. The predicted molar refractivity (Wildman–Crippen MR) is 91.3 cm³/mol. The summed E-state index contributed by atoms with van der Waals surface area (Å²) in [6.45, 7) is 8.48. The van der Waals surface area contributed by atoms with E-state index in [9.17, 15) is 14.4 Å². The normalized spacial score (nSPS) is 12.1. The second kappa shape index (κ2) is 7.89. The molecule has 0 bridgehead atoms. The number of carbonyl (C=O) groups is 3. The largest absolute Gasteiger partial charge is 0.452 e. The summed E-state index contributed by atoms with van der Waals surface area (Å²) in [5.41, 5.74) is 2.00. The van der Waals surface area contributed by atoms with E-state index in [1.54, 1.807) is 27.7 Å². The summed E-state index contributed by atoms with van der Waals surface area (Å²) in [6.07, 6.45) is 0.200. The Bertz CT molecular complexity index is 845. The van der Waals surface area contributed by atoms with Crippen molar-refractivity contribution in [3.8, 4) is 0 Å². The van der Waals surface area contributed by atoms with E-state index in [0.717, 1.165) is 5.69 Å². The van der Waals surface area contributed by atoms with Gasteiger partial charge in [-0.15, -0.1) is 0 Å². The van der Waals surface area contributed by atoms with Crippen LogP contribution in [0.15, 0.2) is 6.33 Å². The number of rotatable bonds is 5. The lowest BCUT2D eigenvalue weighted by Crippen LogP contribution is -2.46. The number of ether oxygens (including phenoxy) is 1. The molecule has 0 aliphatic heterocycles. The summed E-state index contributed by atoms with van der Waals surface area (Å²) < 4.78 is 6.65. The maximum atomic E-state index is 12.2. The van der Waals surface area contributed by atoms with Crippen molar-refractivity contribution in [2.45, 2.75) is 53.2 Å². The zero-order valence-electron chi connectivity index (χ0n) is 15.4. The van der Waals surface area contributed by atoms with Crippen molar-refractivity contribution in [2.75, 3.05) is 0 Å². The van der Waals surface area contributed by atoms with Crippen molar-refractivity contribution in [1.29, 1.82) is 0 Å². The van der Waals surface area contributed by atoms with E-state index in [1.165, 1.54) is 17.8 Å². The van der Waals surface area contributed by atoms with E-state index >= 15 is 0 Å². The third-order valence-electron chi connectivity index (χ3n) is 3.64. The molecule has 2 aromatic rings. The molecule has 0 aliphatic carbocycles. The quantitative estimate of drug-likeness (QED) is 0.739. The number of imide groups is 1. The molecule has 0 spiro atoms. The van der Waals surface area contributed by atoms with Crippen LogP contribution in [0.25, 0.3) is 5.78 Å². The van der Waals surface area contributed by atoms with E-state index < -0.39 is 24.0 Å². The number of nitrogens with zero attached hydrogens (tertiary/aromatic N) is 4. The van der Waals surface area contributed by atoms with Gasteiger partial charge in [-0.1, -0.05) is 0 Å². The van der Waals surface area contributed by atoms with Gasteiger partial charge in [0, 0.05) is 23.0 Å². The highest BCUT2D eigenvalue weighted by Gasteiger charge is 2.22. The minimum absolute atomic E-state index is 0.0731. The Balaban J connectivity index is 2.00. The van der Waals surface area contributed by atoms with Gasteiger partial charge in [0.15, 0.2) is 6.10 Å². The van der Waals surface area contributed by atoms with Crippen molar-refractivity contribution in [3.05, 3.63) is 23.3 Å². The summed E-state index contributed by atoms with van der Waals surface area (Å²) in [4.78, 5) is 43.9. The van der Waals surface area contributed by atoms with Crippen LogP contribution in [-0.4, -0.2) is 49.6 Å². The zero-order valence-corrected chi connectivity index (χ0v) is 15.4. The maximum absolute atomic E-state index is 12.2. The highest BCUT2D eigenvalue weighted by Crippen LogP contribution is 2.14. The monoisotopic (exact) mass is 362 g/mol. The second-order valence-corrected chi connectivity index (χ2v) is 6.16. The first-order valence-electron chi connectivity index (χ1n) is 8.15. The first-order valence-corrected chi connectivity index (χ1v) is 8.15. The van der Waals surface area contributed by atoms with Gasteiger partial charge >= 0.3 is 12.0 Å². The van der Waals surface area contributed by atoms with E-state index in [1.807, 2.05) is 0 Å². The van der Waals surface area contributed by atoms with Gasteiger partial charge < -0.3 is 10.1 Å². The van der Waals surface area contributed by atoms with Crippen LogP contribution in [0.1, 0.15) is 37.7 Å². The van der Waals surface area contributed by atoms with Crippen LogP contribution in [0.4, 0.5) is 4.79 Å². The molecule has 2 aromatic heterocycles. The minimum Gasteiger partial charge on any atom is -0.452 e. The van der Waals surface area contributed by atoms with Crippen molar-refractivity contribution in [3.63, 3.8) is 0 Å². The number of hydrogen-bond acceptors (Lipinski definition) is 7. The van der Waals surface area contributed by atoms with Gasteiger partial charge in [0.25, 0.3) is 11.7 Å². The fourth-order valence-corrected chi connectivity index (χ4v) is 2.36. The van der Waals surface area contributed by atoms with Gasteiger partial charge in [0.05, 0.1) is 6.42 Å². The van der Waals surface area contributed by atoms with Crippen molar-refractivity contribution >= 4 is 23.7 Å². The molecule has 0 fully saturated rings. The number of aryl methyl sites for hydroxylation is 2. The third-order valence-corrected chi connectivity index (χ3v) is 3.64. The van der Waals surface area contributed by atoms with Gasteiger partial charge in [-0.25, -0.2) is 14.3 Å². The molecule has 3 amide bonds. The number of hydrogen-bond donors (Lipinski definition) is 2. The van der Waals surface area contributed by atoms with Crippen LogP contribution < -0.4 is 10.6 Å². The maximum Gasteiger partial charge on any atom is 0.321 e. The Morgan fingerprint density at radius 1 is 1.23 bits per heavy atom. The fourth-order valence-electron chi connectivity index (χ4n) is 2.36. The van der Waals surface area contributed by atoms with Gasteiger partial charge in [-0.05, 0) is 34.6 Å². The number of urea groups is 1. The summed E-state index contributed by atoms with van der Waals surface area (Å²) in [7, 11) is 0. The third kappa shape index (κ3) is 4.52. The topological polar surface area (TPSA) is 128 Å². The van der Waals surface area contributed by atoms with E-state index in [2.05, 4.69) is 25.7 Å². The number of nitrogens with one attached hydrogen (secondary N) is 2. The van der Waals surface area contributed by atoms with Crippen LogP contribution in [0.3, 0.4) is 0 Å². The molecule has 0 aliphatic rings. The molecule has 0 saturated carbocycles. The number of carbonyl (C=O) groups excluding carboxylic acids is 3. The summed E-state index contributed by atoms with van der Waals surface area (Å²) >= 11 is 0. The Labute approximate surface area is 150 Å². The molecule has 2 heterocycles. The van der Waals surface area contributed by atoms with E-state index in [4.69, 9.17) is 4.74 Å². The molecule has 0 radical (unpaired) electrons. The molecule has 2 rings (SSSR count). The van der Waals surface area contributed by atoms with Gasteiger partial charge in [-0.3, -0.25) is 14.9 Å². The van der Waals surface area contributed by atoms with Crippen LogP contribution in [0, 0.1) is 13.8 Å². The standard InChI is InChI=1S/C16H22N6O4/c1-8(2)19-16(25)21-14(24)11(5)26-13(23)6-12-9(3)20-15-17-7-18-22(15)10(12)4/h7-8,11H,6H2,1-5H3,(H2,19,21,24,25)/t11-/m1/s1. The first kappa shape index (κ1) is 19.3. The SMILES string of the molecule is Cc1nc2ncnn2c(C)c1CC(=O)O[C@H](C)C(=O)NC(=O)NC(C)C. The first-order chi connectivity index (χ1) is 12.2. The van der Waals surface area contributed by atoms with Gasteiger partial charge in [0.1, 0.15) is 6.33 Å². The van der Waals surface area contributed by atoms with Crippen LogP contribution in [0.2, 0.25) is 0 Å². The smallest absolute Gasteiger partial charge is 0.321 e. The number of esters is 1. The molecule has 0 unspecified atom stereocenters. The number of fused-ring (bicyclic) bond motifs is 1. The molecule has 10 nitrogen and oxygen atoms in total. The average Bonchev–Trinajstić information content (AvgIpc) is 2.98. The van der Waals surface area contributed by atoms with E-state index in [0.29, 0.717) is 17.0 Å². The minimum atomic E-state index is -1.11. The molecule has 0 aromatic carbocycles. The lowest BCUT2D eigenvalue weighted by molar-refractivity contribution is -0.153. The Kier molecular flexibility index (Phi) is 5.86. The molecule has 0 saturated heterocycles. The molecule has 2 N–H and O–H groups in total. The summed E-state index contributed by atoms with van der Waals surface area (Å²) in [6, 6.07) is -0.758. The van der Waals surface area contributed by atoms with Crippen molar-refractivity contribution in [2.24, 2.45) is 0 Å². The second-order valence-electron chi connectivity index (χ2n) is 6.16.